The van der Waals surface area contributed by atoms with Crippen molar-refractivity contribution in [3.8, 4) is 0 Å². The van der Waals surface area contributed by atoms with Crippen LogP contribution >= 0.6 is 23.6 Å². The fraction of sp³-hybridized carbons (Fsp3) is 0.364. The van der Waals surface area contributed by atoms with E-state index >= 15 is 0 Å². The number of hydrogen-bond donors (Lipinski definition) is 2. The molecule has 0 unspecified atom stereocenters. The highest BCUT2D eigenvalue weighted by Gasteiger charge is 2.13. The zero-order chi connectivity index (χ0) is 13.4. The number of thiocarbonyl (C=S) groups is 1. The lowest BCUT2D eigenvalue weighted by Crippen LogP contribution is -2.38. The van der Waals surface area contributed by atoms with Crippen molar-refractivity contribution in [1.82, 2.24) is 9.55 Å². The van der Waals surface area contributed by atoms with Crippen molar-refractivity contribution >= 4 is 38.8 Å². The van der Waals surface area contributed by atoms with Crippen molar-refractivity contribution < 1.29 is 0 Å². The third-order valence-electron chi connectivity index (χ3n) is 2.58. The number of nitrogens with zero attached hydrogens (tertiary/aromatic N) is 1. The van der Waals surface area contributed by atoms with Gasteiger partial charge in [-0.1, -0.05) is 26.1 Å². The number of aromatic nitrogens is 2. The fourth-order valence-corrected chi connectivity index (χ4v) is 2.82. The number of aromatic amines is 1. The second-order valence-electron chi connectivity index (χ2n) is 4.33. The molecule has 96 valence electrons. The monoisotopic (exact) mass is 283 g/mol. The predicted molar refractivity (Wildman–Crippen MR) is 77.6 cm³/mol. The topological polar surface area (TPSA) is 80.9 Å². The summed E-state index contributed by atoms with van der Waals surface area (Å²) in [6.07, 6.45) is 0. The molecule has 0 aliphatic rings. The Morgan fingerprint density at radius 2 is 2.22 bits per heavy atom. The molecule has 0 saturated heterocycles. The molecule has 2 aromatic heterocycles. The Morgan fingerprint density at radius 1 is 1.56 bits per heavy atom. The van der Waals surface area contributed by atoms with E-state index in [9.17, 15) is 9.59 Å². The molecule has 0 aromatic carbocycles. The van der Waals surface area contributed by atoms with Crippen LogP contribution in [0.5, 0.6) is 0 Å². The van der Waals surface area contributed by atoms with E-state index in [0.717, 1.165) is 9.44 Å². The molecule has 0 amide bonds. The summed E-state index contributed by atoms with van der Waals surface area (Å²) < 4.78 is 1.03. The summed E-state index contributed by atoms with van der Waals surface area (Å²) in [5.74, 6) is 0.314. The molecule has 2 heterocycles. The van der Waals surface area contributed by atoms with Crippen molar-refractivity contribution in [3.63, 3.8) is 0 Å². The van der Waals surface area contributed by atoms with E-state index in [1.807, 2.05) is 19.9 Å². The van der Waals surface area contributed by atoms with Gasteiger partial charge in [-0.2, -0.15) is 0 Å². The average molecular weight is 283 g/mol. The van der Waals surface area contributed by atoms with E-state index in [-0.39, 0.29) is 17.1 Å². The zero-order valence-electron chi connectivity index (χ0n) is 10.0. The van der Waals surface area contributed by atoms with E-state index in [1.165, 1.54) is 11.3 Å². The Hall–Kier alpha value is -1.47. The molecule has 5 nitrogen and oxygen atoms in total. The lowest BCUT2D eigenvalue weighted by atomic mass is 10.2. The van der Waals surface area contributed by atoms with Crippen molar-refractivity contribution in [2.24, 2.45) is 5.73 Å². The third-order valence-corrected chi connectivity index (χ3v) is 4.06. The molecule has 0 spiro atoms. The number of rotatable bonds is 3. The smallest absolute Gasteiger partial charge is 0.329 e. The van der Waals surface area contributed by atoms with E-state index in [0.29, 0.717) is 16.1 Å². The van der Waals surface area contributed by atoms with Crippen molar-refractivity contribution in [2.45, 2.75) is 26.3 Å². The second-order valence-corrected chi connectivity index (χ2v) is 5.94. The molecule has 0 radical (unpaired) electrons. The van der Waals surface area contributed by atoms with Gasteiger partial charge in [0.15, 0.2) is 0 Å². The average Bonchev–Trinajstić information content (AvgIpc) is 2.68. The SMILES string of the molecule is CC(C)c1cc2c(=O)n(CC(N)=S)c(=O)[nH]c2s1. The molecule has 0 saturated carbocycles. The van der Waals surface area contributed by atoms with E-state index in [2.05, 4.69) is 4.98 Å². The van der Waals surface area contributed by atoms with Gasteiger partial charge >= 0.3 is 5.69 Å². The molecule has 2 aromatic rings. The van der Waals surface area contributed by atoms with Gasteiger partial charge in [0.2, 0.25) is 0 Å². The largest absolute Gasteiger partial charge is 0.392 e. The maximum absolute atomic E-state index is 12.2. The van der Waals surface area contributed by atoms with E-state index in [1.54, 1.807) is 0 Å². The van der Waals surface area contributed by atoms with Crippen molar-refractivity contribution in [1.29, 1.82) is 0 Å². The molecule has 0 bridgehead atoms. The number of H-pyrrole nitrogens is 1. The van der Waals surface area contributed by atoms with E-state index in [4.69, 9.17) is 18.0 Å². The first kappa shape index (κ1) is 13.0. The second kappa shape index (κ2) is 4.66. The summed E-state index contributed by atoms with van der Waals surface area (Å²) in [6, 6.07) is 1.82. The van der Waals surface area contributed by atoms with Crippen LogP contribution < -0.4 is 17.0 Å². The van der Waals surface area contributed by atoms with Crippen molar-refractivity contribution in [3.05, 3.63) is 31.8 Å². The first-order valence-electron chi connectivity index (χ1n) is 5.45. The highest BCUT2D eigenvalue weighted by atomic mass is 32.1. The zero-order valence-corrected chi connectivity index (χ0v) is 11.7. The minimum Gasteiger partial charge on any atom is -0.392 e. The first-order chi connectivity index (χ1) is 8.40. The molecule has 7 heteroatoms. The van der Waals surface area contributed by atoms with Gasteiger partial charge in [-0.05, 0) is 12.0 Å². The van der Waals surface area contributed by atoms with Gasteiger partial charge in [0.05, 0.1) is 16.9 Å². The number of fused-ring (bicyclic) bond motifs is 1. The van der Waals surface area contributed by atoms with Crippen LogP contribution in [0, 0.1) is 0 Å². The summed E-state index contributed by atoms with van der Waals surface area (Å²) >= 11 is 6.16. The number of nitrogens with one attached hydrogen (secondary N) is 1. The Kier molecular flexibility index (Phi) is 3.36. The maximum Gasteiger partial charge on any atom is 0.329 e. The lowest BCUT2D eigenvalue weighted by molar-refractivity contribution is 0.753. The molecule has 2 rings (SSSR count). The van der Waals surface area contributed by atoms with Crippen LogP contribution in [0.25, 0.3) is 10.2 Å². The minimum absolute atomic E-state index is 0.0354. The van der Waals surface area contributed by atoms with Crippen LogP contribution in [0.15, 0.2) is 15.7 Å². The summed E-state index contributed by atoms with van der Waals surface area (Å²) in [7, 11) is 0. The number of nitrogens with two attached hydrogens (primary N) is 1. The highest BCUT2D eigenvalue weighted by molar-refractivity contribution is 7.80. The Balaban J connectivity index is 2.73. The number of hydrogen-bond acceptors (Lipinski definition) is 4. The van der Waals surface area contributed by atoms with Crippen LogP contribution in [-0.4, -0.2) is 14.5 Å². The van der Waals surface area contributed by atoms with Gasteiger partial charge in [-0.25, -0.2) is 4.79 Å². The summed E-state index contributed by atoms with van der Waals surface area (Å²) in [4.78, 5) is 28.4. The van der Waals surface area contributed by atoms with E-state index < -0.39 is 5.69 Å². The molecule has 0 atom stereocenters. The maximum atomic E-state index is 12.2. The van der Waals surface area contributed by atoms with Gasteiger partial charge in [0, 0.05) is 4.88 Å². The molecular weight excluding hydrogens is 270 g/mol. The Morgan fingerprint density at radius 3 is 2.78 bits per heavy atom. The minimum atomic E-state index is -0.475. The molecule has 18 heavy (non-hydrogen) atoms. The molecule has 0 aliphatic heterocycles. The molecule has 0 fully saturated rings. The van der Waals surface area contributed by atoms with Gasteiger partial charge in [-0.3, -0.25) is 14.3 Å². The first-order valence-corrected chi connectivity index (χ1v) is 6.67. The fourth-order valence-electron chi connectivity index (χ4n) is 1.65. The molecule has 3 N–H and O–H groups in total. The van der Waals surface area contributed by atoms with Crippen LogP contribution in [0.2, 0.25) is 0 Å². The van der Waals surface area contributed by atoms with Crippen LogP contribution in [-0.2, 0) is 6.54 Å². The third kappa shape index (κ3) is 2.23. The van der Waals surface area contributed by atoms with Crippen LogP contribution in [0.4, 0.5) is 0 Å². The summed E-state index contributed by atoms with van der Waals surface area (Å²) in [6.45, 7) is 4.04. The summed E-state index contributed by atoms with van der Waals surface area (Å²) in [5.41, 5.74) is 4.56. The standard InChI is InChI=1S/C11H13N3O2S2/c1-5(2)7-3-6-9(18-7)13-11(16)14(10(6)15)4-8(12)17/h3,5H,4H2,1-2H3,(H2,12,17)(H,13,16). The predicted octanol–water partition coefficient (Wildman–Crippen LogP) is 1.16. The number of thiophene rings is 1. The van der Waals surface area contributed by atoms with Gasteiger partial charge < -0.3 is 5.73 Å². The van der Waals surface area contributed by atoms with Gasteiger partial charge in [0.25, 0.3) is 5.56 Å². The lowest BCUT2D eigenvalue weighted by Gasteiger charge is -2.01. The highest BCUT2D eigenvalue weighted by Crippen LogP contribution is 2.26. The quantitative estimate of drug-likeness (QED) is 0.828. The normalized spacial score (nSPS) is 11.3. The summed E-state index contributed by atoms with van der Waals surface area (Å²) in [5, 5.41) is 0.513. The Labute approximate surface area is 112 Å². The van der Waals surface area contributed by atoms with Gasteiger partial charge in [-0.15, -0.1) is 11.3 Å². The van der Waals surface area contributed by atoms with Crippen LogP contribution in [0.1, 0.15) is 24.6 Å². The van der Waals surface area contributed by atoms with Crippen molar-refractivity contribution in [2.75, 3.05) is 0 Å². The molecule has 0 aliphatic carbocycles. The molecular formula is C11H13N3O2S2. The van der Waals surface area contributed by atoms with Crippen LogP contribution in [0.3, 0.4) is 0 Å². The van der Waals surface area contributed by atoms with Gasteiger partial charge in [0.1, 0.15) is 4.83 Å². The Bertz CT molecular complexity index is 724.